The van der Waals surface area contributed by atoms with Crippen molar-refractivity contribution in [2.45, 2.75) is 13.0 Å². The van der Waals surface area contributed by atoms with Crippen molar-refractivity contribution in [3.8, 4) is 17.6 Å². The van der Waals surface area contributed by atoms with Gasteiger partial charge in [-0.25, -0.2) is 13.6 Å². The van der Waals surface area contributed by atoms with Gasteiger partial charge in [-0.1, -0.05) is 12.1 Å². The molecule has 30 heavy (non-hydrogen) atoms. The number of rotatable bonds is 8. The summed E-state index contributed by atoms with van der Waals surface area (Å²) < 4.78 is 42.5. The Labute approximate surface area is 171 Å². The fraction of sp³-hybridized carbons (Fsp3) is 0.190. The minimum absolute atomic E-state index is 0.144. The summed E-state index contributed by atoms with van der Waals surface area (Å²) in [5.41, 5.74) is -0.0506. The molecule has 156 valence electrons. The Balaban J connectivity index is 1.98. The number of nitriles is 1. The van der Waals surface area contributed by atoms with E-state index in [9.17, 15) is 18.4 Å². The number of amides is 1. The molecule has 0 fully saturated rings. The molecular formula is C21H18F2N2O5. The Bertz CT molecular complexity index is 981. The van der Waals surface area contributed by atoms with Gasteiger partial charge in [0.05, 0.1) is 7.11 Å². The molecule has 0 aliphatic rings. The highest BCUT2D eigenvalue weighted by molar-refractivity contribution is 5.96. The minimum Gasteiger partial charge on any atom is -0.493 e. The Morgan fingerprint density at radius 1 is 1.20 bits per heavy atom. The van der Waals surface area contributed by atoms with Crippen LogP contribution in [0.3, 0.4) is 0 Å². The van der Waals surface area contributed by atoms with Crippen LogP contribution >= 0.6 is 0 Å². The van der Waals surface area contributed by atoms with Crippen molar-refractivity contribution in [1.82, 2.24) is 0 Å². The van der Waals surface area contributed by atoms with Crippen molar-refractivity contribution in [2.75, 3.05) is 19.0 Å². The molecule has 0 aliphatic heterocycles. The lowest BCUT2D eigenvalue weighted by Crippen LogP contribution is -2.30. The predicted molar refractivity (Wildman–Crippen MR) is 104 cm³/mol. The van der Waals surface area contributed by atoms with Crippen molar-refractivity contribution in [3.63, 3.8) is 0 Å². The van der Waals surface area contributed by atoms with E-state index in [2.05, 4.69) is 5.32 Å². The van der Waals surface area contributed by atoms with Gasteiger partial charge in [0, 0.05) is 6.08 Å². The molecule has 2 rings (SSSR count). The largest absolute Gasteiger partial charge is 0.493 e. The van der Waals surface area contributed by atoms with E-state index in [1.54, 1.807) is 18.2 Å². The summed E-state index contributed by atoms with van der Waals surface area (Å²) >= 11 is 0. The van der Waals surface area contributed by atoms with Gasteiger partial charge in [0.1, 0.15) is 23.4 Å². The van der Waals surface area contributed by atoms with Gasteiger partial charge in [-0.3, -0.25) is 4.79 Å². The minimum atomic E-state index is -1.29. The fourth-order valence-corrected chi connectivity index (χ4v) is 2.29. The first-order valence-electron chi connectivity index (χ1n) is 8.67. The lowest BCUT2D eigenvalue weighted by molar-refractivity contribution is -0.148. The van der Waals surface area contributed by atoms with E-state index in [4.69, 9.17) is 19.5 Å². The Morgan fingerprint density at radius 3 is 2.53 bits per heavy atom. The first-order valence-corrected chi connectivity index (χ1v) is 8.67. The molecule has 0 heterocycles. The smallest absolute Gasteiger partial charge is 0.331 e. The van der Waals surface area contributed by atoms with E-state index in [1.807, 2.05) is 6.07 Å². The second-order valence-corrected chi connectivity index (χ2v) is 5.86. The maximum atomic E-state index is 13.6. The van der Waals surface area contributed by atoms with Crippen LogP contribution in [-0.2, 0) is 14.3 Å². The van der Waals surface area contributed by atoms with Crippen LogP contribution in [-0.4, -0.2) is 31.7 Å². The molecule has 0 unspecified atom stereocenters. The van der Waals surface area contributed by atoms with E-state index in [0.29, 0.717) is 17.1 Å². The van der Waals surface area contributed by atoms with Crippen LogP contribution in [0.25, 0.3) is 6.08 Å². The maximum absolute atomic E-state index is 13.6. The summed E-state index contributed by atoms with van der Waals surface area (Å²) in [5, 5.41) is 10.6. The van der Waals surface area contributed by atoms with E-state index in [0.717, 1.165) is 24.3 Å². The SMILES string of the molecule is COc1cc(/C=C/C(=O)O[C@@H](C)C(=O)Nc2c(F)cccc2F)ccc1OCC#N. The lowest BCUT2D eigenvalue weighted by Gasteiger charge is -2.13. The topological polar surface area (TPSA) is 97.7 Å². The number of methoxy groups -OCH3 is 1. The van der Waals surface area contributed by atoms with Gasteiger partial charge < -0.3 is 19.5 Å². The maximum Gasteiger partial charge on any atom is 0.331 e. The van der Waals surface area contributed by atoms with Crippen molar-refractivity contribution >= 4 is 23.6 Å². The molecule has 0 spiro atoms. The van der Waals surface area contributed by atoms with Crippen LogP contribution in [0.2, 0.25) is 0 Å². The highest BCUT2D eigenvalue weighted by atomic mass is 19.1. The summed E-state index contributed by atoms with van der Waals surface area (Å²) in [6.45, 7) is 1.12. The fourth-order valence-electron chi connectivity index (χ4n) is 2.29. The number of benzene rings is 2. The second-order valence-electron chi connectivity index (χ2n) is 5.86. The second kappa shape index (κ2) is 10.6. The van der Waals surface area contributed by atoms with Crippen LogP contribution in [0.15, 0.2) is 42.5 Å². The highest BCUT2D eigenvalue weighted by Crippen LogP contribution is 2.28. The van der Waals surface area contributed by atoms with Gasteiger partial charge in [-0.05, 0) is 42.8 Å². The van der Waals surface area contributed by atoms with E-state index in [-0.39, 0.29) is 6.61 Å². The van der Waals surface area contributed by atoms with E-state index < -0.39 is 35.3 Å². The molecule has 1 N–H and O–H groups in total. The van der Waals surface area contributed by atoms with E-state index in [1.165, 1.54) is 20.1 Å². The number of nitrogens with one attached hydrogen (secondary N) is 1. The van der Waals surface area contributed by atoms with Crippen LogP contribution in [0.1, 0.15) is 12.5 Å². The molecule has 0 aliphatic carbocycles. The summed E-state index contributed by atoms with van der Waals surface area (Å²) in [6, 6.07) is 9.75. The van der Waals surface area contributed by atoms with Gasteiger partial charge in [0.15, 0.2) is 24.2 Å². The number of nitrogens with zero attached hydrogens (tertiary/aromatic N) is 1. The number of halogens is 2. The zero-order valence-corrected chi connectivity index (χ0v) is 16.1. The molecule has 0 aromatic heterocycles. The van der Waals surface area contributed by atoms with Gasteiger partial charge in [0.25, 0.3) is 5.91 Å². The Hall–Kier alpha value is -3.93. The molecule has 2 aromatic rings. The number of carbonyl (C=O) groups is 2. The first-order chi connectivity index (χ1) is 14.3. The number of esters is 1. The number of carbonyl (C=O) groups excluding carboxylic acids is 2. The molecule has 7 nitrogen and oxygen atoms in total. The zero-order valence-electron chi connectivity index (χ0n) is 16.1. The molecule has 2 aromatic carbocycles. The molecule has 0 bridgehead atoms. The number of para-hydroxylation sites is 1. The van der Waals surface area contributed by atoms with E-state index >= 15 is 0 Å². The monoisotopic (exact) mass is 416 g/mol. The summed E-state index contributed by atoms with van der Waals surface area (Å²) in [4.78, 5) is 24.0. The van der Waals surface area contributed by atoms with Crippen molar-refractivity contribution in [2.24, 2.45) is 0 Å². The average Bonchev–Trinajstić information content (AvgIpc) is 2.73. The molecule has 0 saturated heterocycles. The zero-order chi connectivity index (χ0) is 22.1. The third kappa shape index (κ3) is 6.04. The number of hydrogen-bond acceptors (Lipinski definition) is 6. The van der Waals surface area contributed by atoms with Gasteiger partial charge >= 0.3 is 5.97 Å². The van der Waals surface area contributed by atoms with Gasteiger partial charge in [-0.2, -0.15) is 5.26 Å². The standard InChI is InChI=1S/C21H18F2N2O5/c1-13(21(27)25-20-15(22)4-3-5-16(20)23)30-19(26)9-7-14-6-8-17(29-11-10-24)18(12-14)28-2/h3-9,12-13H,11H2,1-2H3,(H,25,27)/b9-7+/t13-/m0/s1. The number of ether oxygens (including phenoxy) is 3. The van der Waals surface area contributed by atoms with Crippen LogP contribution < -0.4 is 14.8 Å². The highest BCUT2D eigenvalue weighted by Gasteiger charge is 2.20. The molecule has 0 radical (unpaired) electrons. The van der Waals surface area contributed by atoms with Crippen molar-refractivity contribution < 1.29 is 32.6 Å². The predicted octanol–water partition coefficient (Wildman–Crippen LogP) is 3.46. The Morgan fingerprint density at radius 2 is 1.90 bits per heavy atom. The summed E-state index contributed by atoms with van der Waals surface area (Å²) in [5.74, 6) is -2.89. The van der Waals surface area contributed by atoms with Crippen molar-refractivity contribution in [1.29, 1.82) is 5.26 Å². The number of anilines is 1. The normalized spacial score (nSPS) is 11.4. The lowest BCUT2D eigenvalue weighted by atomic mass is 10.2. The van der Waals surface area contributed by atoms with Gasteiger partial charge in [0.2, 0.25) is 0 Å². The quantitative estimate of drug-likeness (QED) is 0.523. The molecule has 9 heteroatoms. The Kier molecular flexibility index (Phi) is 7.88. The van der Waals surface area contributed by atoms with Crippen LogP contribution in [0.4, 0.5) is 14.5 Å². The van der Waals surface area contributed by atoms with Crippen molar-refractivity contribution in [3.05, 3.63) is 59.7 Å². The average molecular weight is 416 g/mol. The summed E-state index contributed by atoms with van der Waals surface area (Å²) in [7, 11) is 1.43. The third-order valence-corrected chi connectivity index (χ3v) is 3.76. The molecule has 1 atom stereocenters. The van der Waals surface area contributed by atoms with Crippen LogP contribution in [0.5, 0.6) is 11.5 Å². The van der Waals surface area contributed by atoms with Gasteiger partial charge in [-0.15, -0.1) is 0 Å². The van der Waals surface area contributed by atoms with Crippen LogP contribution in [0, 0.1) is 23.0 Å². The molecular weight excluding hydrogens is 398 g/mol. The molecule has 0 saturated carbocycles. The molecule has 1 amide bonds. The third-order valence-electron chi connectivity index (χ3n) is 3.76. The summed E-state index contributed by atoms with van der Waals surface area (Å²) in [6.07, 6.45) is 1.20. The first kappa shape index (κ1) is 22.4. The number of hydrogen-bond donors (Lipinski definition) is 1.